The lowest BCUT2D eigenvalue weighted by Gasteiger charge is -2.19. The van der Waals surface area contributed by atoms with E-state index in [1.807, 2.05) is 6.07 Å². The van der Waals surface area contributed by atoms with Crippen molar-refractivity contribution in [3.63, 3.8) is 0 Å². The summed E-state index contributed by atoms with van der Waals surface area (Å²) in [5.41, 5.74) is 0. The standard InChI is InChI=1S/C8H9ClN2O3Si/c1-2-8(9,4-6-11)14-15(12)13-7-3-5-10/h2H,1,3-4,7H2. The molecule has 0 saturated carbocycles. The molecule has 0 amide bonds. The Labute approximate surface area is 94.4 Å². The molecule has 0 radical (unpaired) electrons. The average molecular weight is 245 g/mol. The van der Waals surface area contributed by atoms with Gasteiger partial charge in [0.05, 0.1) is 31.6 Å². The largest absolute Gasteiger partial charge is 0.768 e. The number of nitriles is 2. The van der Waals surface area contributed by atoms with Crippen LogP contribution in [0.25, 0.3) is 0 Å². The Morgan fingerprint density at radius 1 is 1.53 bits per heavy atom. The molecule has 1 unspecified atom stereocenters. The zero-order chi connectivity index (χ0) is 11.7. The van der Waals surface area contributed by atoms with Gasteiger partial charge < -0.3 is 8.85 Å². The zero-order valence-electron chi connectivity index (χ0n) is 7.90. The van der Waals surface area contributed by atoms with Crippen molar-refractivity contribution >= 4 is 20.8 Å². The van der Waals surface area contributed by atoms with Crippen molar-refractivity contribution in [2.75, 3.05) is 6.61 Å². The second kappa shape index (κ2) is 6.99. The number of hydrogen-bond acceptors (Lipinski definition) is 5. The van der Waals surface area contributed by atoms with Crippen molar-refractivity contribution < 1.29 is 13.3 Å². The van der Waals surface area contributed by atoms with E-state index in [2.05, 4.69) is 11.0 Å². The average Bonchev–Trinajstić information content (AvgIpc) is 2.18. The van der Waals surface area contributed by atoms with E-state index < -0.39 is 14.2 Å². The first-order chi connectivity index (χ1) is 7.08. The molecule has 0 saturated heterocycles. The Morgan fingerprint density at radius 3 is 2.67 bits per heavy atom. The molecule has 0 aromatic rings. The Kier molecular flexibility index (Phi) is 6.35. The first-order valence-electron chi connectivity index (χ1n) is 4.00. The molecule has 0 N–H and O–H groups in total. The molecule has 0 heterocycles. The number of rotatable bonds is 7. The van der Waals surface area contributed by atoms with E-state index in [1.165, 1.54) is 6.08 Å². The van der Waals surface area contributed by atoms with Crippen LogP contribution in [0.4, 0.5) is 0 Å². The van der Waals surface area contributed by atoms with Gasteiger partial charge >= 0.3 is 9.17 Å². The van der Waals surface area contributed by atoms with Gasteiger partial charge in [-0.15, -0.1) is 0 Å². The van der Waals surface area contributed by atoms with E-state index in [9.17, 15) is 4.46 Å². The first-order valence-corrected chi connectivity index (χ1v) is 5.60. The van der Waals surface area contributed by atoms with E-state index in [0.717, 1.165) is 0 Å². The van der Waals surface area contributed by atoms with Crippen LogP contribution < -0.4 is 0 Å². The third kappa shape index (κ3) is 5.84. The van der Waals surface area contributed by atoms with Crippen LogP contribution in [0.5, 0.6) is 0 Å². The van der Waals surface area contributed by atoms with E-state index >= 15 is 0 Å². The predicted octanol–water partition coefficient (Wildman–Crippen LogP) is 1.38. The second-order valence-electron chi connectivity index (χ2n) is 2.43. The van der Waals surface area contributed by atoms with Crippen LogP contribution >= 0.6 is 11.6 Å². The van der Waals surface area contributed by atoms with Gasteiger partial charge in [0, 0.05) is 0 Å². The lowest BCUT2D eigenvalue weighted by atomic mass is 10.3. The fourth-order valence-corrected chi connectivity index (χ4v) is 1.61. The van der Waals surface area contributed by atoms with Crippen LogP contribution in [0, 0.1) is 22.7 Å². The SMILES string of the molecule is C=CC(Cl)(CC#N)O[Si](=O)OCCC#N. The Hall–Kier alpha value is -1.37. The topological polar surface area (TPSA) is 83.1 Å². The van der Waals surface area contributed by atoms with Gasteiger partial charge in [-0.05, 0) is 6.08 Å². The minimum absolute atomic E-state index is 0.00492. The molecule has 5 nitrogen and oxygen atoms in total. The lowest BCUT2D eigenvalue weighted by molar-refractivity contribution is 0.120. The highest BCUT2D eigenvalue weighted by Gasteiger charge is 2.30. The maximum atomic E-state index is 11.2. The van der Waals surface area contributed by atoms with Crippen molar-refractivity contribution in [1.29, 1.82) is 10.5 Å². The molecular formula is C8H9ClN2O3Si. The molecule has 0 bridgehead atoms. The minimum Gasteiger partial charge on any atom is -0.495 e. The number of nitrogens with zero attached hydrogens (tertiary/aromatic N) is 2. The zero-order valence-corrected chi connectivity index (χ0v) is 9.66. The first kappa shape index (κ1) is 13.6. The van der Waals surface area contributed by atoms with Gasteiger partial charge in [-0.25, -0.2) is 0 Å². The fraction of sp³-hybridized carbons (Fsp3) is 0.500. The monoisotopic (exact) mass is 244 g/mol. The van der Waals surface area contributed by atoms with E-state index in [4.69, 9.17) is 26.6 Å². The van der Waals surface area contributed by atoms with Gasteiger partial charge in [-0.1, -0.05) is 18.2 Å². The van der Waals surface area contributed by atoms with Gasteiger partial charge in [-0.3, -0.25) is 4.46 Å². The van der Waals surface area contributed by atoms with Crippen LogP contribution in [-0.2, 0) is 13.3 Å². The summed E-state index contributed by atoms with van der Waals surface area (Å²) in [5, 5.41) is 15.1. The van der Waals surface area contributed by atoms with Crippen LogP contribution in [0.1, 0.15) is 12.8 Å². The highest BCUT2D eigenvalue weighted by molar-refractivity contribution is 6.31. The quantitative estimate of drug-likeness (QED) is 0.292. The summed E-state index contributed by atoms with van der Waals surface area (Å²) in [7, 11) is -2.81. The summed E-state index contributed by atoms with van der Waals surface area (Å²) in [6, 6.07) is 3.59. The molecule has 0 spiro atoms. The molecule has 0 aliphatic heterocycles. The molecule has 7 heteroatoms. The van der Waals surface area contributed by atoms with Crippen LogP contribution in [0.2, 0.25) is 0 Å². The van der Waals surface area contributed by atoms with Gasteiger partial charge in [0.15, 0.2) is 0 Å². The van der Waals surface area contributed by atoms with E-state index in [-0.39, 0.29) is 19.4 Å². The lowest BCUT2D eigenvalue weighted by Crippen LogP contribution is -2.29. The molecule has 0 aromatic carbocycles. The van der Waals surface area contributed by atoms with Gasteiger partial charge in [0.2, 0.25) is 5.06 Å². The van der Waals surface area contributed by atoms with Crippen LogP contribution in [-0.4, -0.2) is 20.8 Å². The highest BCUT2D eigenvalue weighted by Crippen LogP contribution is 2.22. The van der Waals surface area contributed by atoms with Gasteiger partial charge in [-0.2, -0.15) is 10.5 Å². The molecule has 0 aromatic heterocycles. The summed E-state index contributed by atoms with van der Waals surface area (Å²) >= 11 is 5.75. The van der Waals surface area contributed by atoms with E-state index in [1.54, 1.807) is 6.07 Å². The maximum Gasteiger partial charge on any atom is 0.768 e. The minimum atomic E-state index is -2.81. The Morgan fingerprint density at radius 2 is 2.20 bits per heavy atom. The molecule has 80 valence electrons. The van der Waals surface area contributed by atoms with Gasteiger partial charge in [0.1, 0.15) is 0 Å². The smallest absolute Gasteiger partial charge is 0.495 e. The molecule has 0 aliphatic rings. The molecule has 15 heavy (non-hydrogen) atoms. The number of halogens is 1. The molecule has 0 rings (SSSR count). The Bertz CT molecular complexity index is 323. The van der Waals surface area contributed by atoms with Crippen LogP contribution in [0.3, 0.4) is 0 Å². The third-order valence-corrected chi connectivity index (χ3v) is 2.78. The molecule has 0 aliphatic carbocycles. The normalized spacial score (nSPS) is 12.7. The van der Waals surface area contributed by atoms with Crippen LogP contribution in [0.15, 0.2) is 12.7 Å². The van der Waals surface area contributed by atoms with E-state index in [0.29, 0.717) is 0 Å². The molecular weight excluding hydrogens is 236 g/mol. The summed E-state index contributed by atoms with van der Waals surface area (Å²) in [5.74, 6) is 0. The second-order valence-corrected chi connectivity index (χ2v) is 4.07. The Balaban J connectivity index is 4.09. The van der Waals surface area contributed by atoms with Crippen molar-refractivity contribution in [2.45, 2.75) is 17.9 Å². The van der Waals surface area contributed by atoms with Crippen molar-refractivity contribution in [3.8, 4) is 12.1 Å². The molecule has 1 atom stereocenters. The highest BCUT2D eigenvalue weighted by atomic mass is 35.5. The number of hydrogen-bond donors (Lipinski definition) is 0. The third-order valence-electron chi connectivity index (χ3n) is 1.31. The summed E-state index contributed by atoms with van der Waals surface area (Å²) in [4.78, 5) is 0. The fourth-order valence-electron chi connectivity index (χ4n) is 0.606. The van der Waals surface area contributed by atoms with Gasteiger partial charge in [0.25, 0.3) is 0 Å². The number of alkyl halides is 1. The maximum absolute atomic E-state index is 11.2. The van der Waals surface area contributed by atoms with Crippen molar-refractivity contribution in [1.82, 2.24) is 0 Å². The summed E-state index contributed by atoms with van der Waals surface area (Å²) < 4.78 is 20.7. The van der Waals surface area contributed by atoms with Crippen molar-refractivity contribution in [2.24, 2.45) is 0 Å². The molecule has 0 fully saturated rings. The summed E-state index contributed by atoms with van der Waals surface area (Å²) in [6.07, 6.45) is 1.10. The van der Waals surface area contributed by atoms with Crippen molar-refractivity contribution in [3.05, 3.63) is 12.7 Å². The predicted molar refractivity (Wildman–Crippen MR) is 52.7 cm³/mol. The summed E-state index contributed by atoms with van der Waals surface area (Å²) in [6.45, 7) is 3.37.